The summed E-state index contributed by atoms with van der Waals surface area (Å²) < 4.78 is 5.19. The lowest BCUT2D eigenvalue weighted by Crippen LogP contribution is -2.23. The Labute approximate surface area is 137 Å². The molecule has 23 heavy (non-hydrogen) atoms. The Morgan fingerprint density at radius 1 is 1.48 bits per heavy atom. The largest absolute Gasteiger partial charge is 0.497 e. The second-order valence-electron chi connectivity index (χ2n) is 5.97. The molecule has 0 saturated carbocycles. The number of nitrogens with zero attached hydrogens (tertiary/aromatic N) is 2. The molecular weight excluding hydrogens is 288 g/mol. The van der Waals surface area contributed by atoms with E-state index >= 15 is 0 Å². The van der Waals surface area contributed by atoms with Crippen LogP contribution in [0.1, 0.15) is 18.9 Å². The Balaban J connectivity index is 1.50. The van der Waals surface area contributed by atoms with Crippen molar-refractivity contribution in [3.05, 3.63) is 41.5 Å². The molecule has 2 aliphatic heterocycles. The fourth-order valence-corrected chi connectivity index (χ4v) is 2.91. The van der Waals surface area contributed by atoms with Crippen LogP contribution in [0.4, 0.5) is 0 Å². The fraction of sp³-hybridized carbons (Fsp3) is 0.421. The minimum absolute atomic E-state index is 0.467. The van der Waals surface area contributed by atoms with E-state index in [2.05, 4.69) is 21.9 Å². The van der Waals surface area contributed by atoms with Crippen LogP contribution in [-0.2, 0) is 4.84 Å². The van der Waals surface area contributed by atoms with Crippen molar-refractivity contribution in [1.29, 1.82) is 0 Å². The summed E-state index contributed by atoms with van der Waals surface area (Å²) in [6.45, 7) is 5.79. The van der Waals surface area contributed by atoms with Gasteiger partial charge in [0.25, 0.3) is 0 Å². The molecule has 2 aliphatic rings. The third-order valence-electron chi connectivity index (χ3n) is 4.25. The van der Waals surface area contributed by atoms with Gasteiger partial charge in [-0.2, -0.15) is 0 Å². The van der Waals surface area contributed by atoms with Crippen molar-refractivity contribution in [2.75, 3.05) is 33.4 Å². The van der Waals surface area contributed by atoms with E-state index in [4.69, 9.17) is 9.57 Å². The van der Waals surface area contributed by atoms with E-state index in [1.165, 1.54) is 18.7 Å². The van der Waals surface area contributed by atoms with Crippen molar-refractivity contribution in [2.24, 2.45) is 11.1 Å². The van der Waals surface area contributed by atoms with E-state index in [0.29, 0.717) is 12.5 Å². The van der Waals surface area contributed by atoms with E-state index in [1.54, 1.807) is 7.11 Å². The summed E-state index contributed by atoms with van der Waals surface area (Å²) in [5, 5.41) is 4.28. The molecule has 1 aromatic carbocycles. The van der Waals surface area contributed by atoms with Crippen molar-refractivity contribution in [3.8, 4) is 17.6 Å². The second-order valence-corrected chi connectivity index (χ2v) is 5.97. The van der Waals surface area contributed by atoms with Gasteiger partial charge in [-0.05, 0) is 49.7 Å². The maximum Gasteiger partial charge on any atom is 0.136 e. The Morgan fingerprint density at radius 3 is 3.13 bits per heavy atom. The molecular formula is C19H22N2O2. The SMILES string of the molecule is COc1cccc(C#C/C(C)=C\CO/N=C2\CN3CCC2C3)c1. The van der Waals surface area contributed by atoms with Crippen LogP contribution in [0.5, 0.6) is 5.75 Å². The van der Waals surface area contributed by atoms with Gasteiger partial charge in [-0.3, -0.25) is 4.90 Å². The topological polar surface area (TPSA) is 34.1 Å². The van der Waals surface area contributed by atoms with Gasteiger partial charge in [0.05, 0.1) is 12.8 Å². The maximum absolute atomic E-state index is 5.43. The highest BCUT2D eigenvalue weighted by molar-refractivity contribution is 5.91. The van der Waals surface area contributed by atoms with Gasteiger partial charge in [-0.25, -0.2) is 0 Å². The van der Waals surface area contributed by atoms with Crippen LogP contribution >= 0.6 is 0 Å². The normalized spacial score (nSPS) is 24.4. The van der Waals surface area contributed by atoms with Crippen molar-refractivity contribution in [1.82, 2.24) is 4.90 Å². The Bertz CT molecular complexity index is 682. The van der Waals surface area contributed by atoms with Gasteiger partial charge in [-0.15, -0.1) is 0 Å². The van der Waals surface area contributed by atoms with Gasteiger partial charge >= 0.3 is 0 Å². The van der Waals surface area contributed by atoms with Gasteiger partial charge in [0.1, 0.15) is 12.4 Å². The van der Waals surface area contributed by atoms with Crippen molar-refractivity contribution in [2.45, 2.75) is 13.3 Å². The lowest BCUT2D eigenvalue weighted by Gasteiger charge is -2.12. The van der Waals surface area contributed by atoms with Gasteiger partial charge in [0.15, 0.2) is 0 Å². The minimum atomic E-state index is 0.467. The van der Waals surface area contributed by atoms with Crippen LogP contribution in [0, 0.1) is 17.8 Å². The summed E-state index contributed by atoms with van der Waals surface area (Å²) in [5.41, 5.74) is 3.11. The number of hydrogen-bond acceptors (Lipinski definition) is 4. The standard InChI is InChI=1S/C19H22N2O2/c1-15(6-7-16-4-3-5-18(12-16)22-2)9-11-23-20-19-14-21-10-8-17(19)13-21/h3-5,9,12,17H,8,10-11,13-14H2,1-2H3/b15-9-,20-19+. The fourth-order valence-electron chi connectivity index (χ4n) is 2.91. The van der Waals surface area contributed by atoms with Gasteiger partial charge in [0, 0.05) is 24.6 Å². The van der Waals surface area contributed by atoms with Crippen LogP contribution in [0.15, 0.2) is 41.1 Å². The lowest BCUT2D eigenvalue weighted by atomic mass is 10.0. The molecule has 0 aliphatic carbocycles. The molecule has 2 atom stereocenters. The molecule has 2 unspecified atom stereocenters. The quantitative estimate of drug-likeness (QED) is 0.487. The Morgan fingerprint density at radius 2 is 2.39 bits per heavy atom. The highest BCUT2D eigenvalue weighted by Crippen LogP contribution is 2.25. The van der Waals surface area contributed by atoms with Crippen LogP contribution in [-0.4, -0.2) is 44.0 Å². The number of hydrogen-bond donors (Lipinski definition) is 0. The van der Waals surface area contributed by atoms with E-state index in [0.717, 1.165) is 30.0 Å². The zero-order valence-electron chi connectivity index (χ0n) is 13.7. The van der Waals surface area contributed by atoms with Crippen LogP contribution < -0.4 is 4.74 Å². The van der Waals surface area contributed by atoms with Crippen molar-refractivity contribution >= 4 is 5.71 Å². The second kappa shape index (κ2) is 7.34. The number of ether oxygens (including phenoxy) is 1. The molecule has 0 amide bonds. The highest BCUT2D eigenvalue weighted by Gasteiger charge is 2.35. The lowest BCUT2D eigenvalue weighted by molar-refractivity contribution is 0.171. The van der Waals surface area contributed by atoms with Gasteiger partial charge in [-0.1, -0.05) is 23.1 Å². The molecule has 2 bridgehead atoms. The van der Waals surface area contributed by atoms with Gasteiger partial charge in [0.2, 0.25) is 0 Å². The number of piperidine rings is 1. The number of benzene rings is 1. The molecule has 2 saturated heterocycles. The molecule has 0 spiro atoms. The molecule has 0 radical (unpaired) electrons. The Kier molecular flexibility index (Phi) is 4.99. The van der Waals surface area contributed by atoms with Gasteiger partial charge < -0.3 is 9.57 Å². The first-order valence-corrected chi connectivity index (χ1v) is 7.98. The summed E-state index contributed by atoms with van der Waals surface area (Å²) >= 11 is 0. The Hall–Kier alpha value is -2.25. The molecule has 1 aromatic rings. The first-order valence-electron chi connectivity index (χ1n) is 7.98. The summed E-state index contributed by atoms with van der Waals surface area (Å²) in [6, 6.07) is 7.74. The summed E-state index contributed by atoms with van der Waals surface area (Å²) in [7, 11) is 1.66. The smallest absolute Gasteiger partial charge is 0.136 e. The number of rotatable bonds is 4. The molecule has 2 fully saturated rings. The number of methoxy groups -OCH3 is 1. The predicted molar refractivity (Wildman–Crippen MR) is 91.6 cm³/mol. The van der Waals surface area contributed by atoms with E-state index in [-0.39, 0.29) is 0 Å². The van der Waals surface area contributed by atoms with Crippen molar-refractivity contribution < 1.29 is 9.57 Å². The third kappa shape index (κ3) is 4.14. The molecule has 4 heteroatoms. The summed E-state index contributed by atoms with van der Waals surface area (Å²) in [4.78, 5) is 7.85. The van der Waals surface area contributed by atoms with E-state index in [1.807, 2.05) is 37.3 Å². The number of allylic oxidation sites excluding steroid dienone is 1. The van der Waals surface area contributed by atoms with Crippen LogP contribution in [0.3, 0.4) is 0 Å². The number of fused-ring (bicyclic) bond motifs is 2. The predicted octanol–water partition coefficient (Wildman–Crippen LogP) is 2.70. The van der Waals surface area contributed by atoms with Crippen LogP contribution in [0.25, 0.3) is 0 Å². The molecule has 0 N–H and O–H groups in total. The molecule has 4 nitrogen and oxygen atoms in total. The summed E-state index contributed by atoms with van der Waals surface area (Å²) in [5.74, 6) is 7.69. The monoisotopic (exact) mass is 310 g/mol. The first-order chi connectivity index (χ1) is 11.2. The third-order valence-corrected chi connectivity index (χ3v) is 4.25. The van der Waals surface area contributed by atoms with Crippen LogP contribution in [0.2, 0.25) is 0 Å². The molecule has 120 valence electrons. The minimum Gasteiger partial charge on any atom is -0.497 e. The molecule has 2 heterocycles. The first kappa shape index (κ1) is 15.6. The number of oxime groups is 1. The van der Waals surface area contributed by atoms with E-state index in [9.17, 15) is 0 Å². The zero-order chi connectivity index (χ0) is 16.1. The summed E-state index contributed by atoms with van der Waals surface area (Å²) in [6.07, 6.45) is 3.19. The average molecular weight is 310 g/mol. The molecule has 0 aromatic heterocycles. The average Bonchev–Trinajstić information content (AvgIpc) is 3.20. The maximum atomic E-state index is 5.43. The zero-order valence-corrected chi connectivity index (χ0v) is 13.7. The molecule has 3 rings (SSSR count). The van der Waals surface area contributed by atoms with E-state index < -0.39 is 0 Å². The van der Waals surface area contributed by atoms with Crippen molar-refractivity contribution in [3.63, 3.8) is 0 Å². The highest BCUT2D eigenvalue weighted by atomic mass is 16.6.